The number of anilines is 4. The van der Waals surface area contributed by atoms with E-state index < -0.39 is 35.3 Å². The van der Waals surface area contributed by atoms with Crippen LogP contribution in [0, 0.1) is 23.3 Å². The smallest absolute Gasteiger partial charge is 0.307 e. The highest BCUT2D eigenvalue weighted by molar-refractivity contribution is 6.31. The van der Waals surface area contributed by atoms with Crippen LogP contribution >= 0.6 is 23.2 Å². The van der Waals surface area contributed by atoms with Gasteiger partial charge in [0.15, 0.2) is 11.6 Å². The number of carbonyl (C=O) groups is 2. The molecule has 4 amide bonds. The van der Waals surface area contributed by atoms with Crippen molar-refractivity contribution in [2.45, 2.75) is 0 Å². The lowest BCUT2D eigenvalue weighted by Crippen LogP contribution is -2.49. The third-order valence-electron chi connectivity index (χ3n) is 4.98. The van der Waals surface area contributed by atoms with Crippen LogP contribution in [0.4, 0.5) is 49.9 Å². The first-order chi connectivity index (χ1) is 16.1. The molecule has 0 spiro atoms. The van der Waals surface area contributed by atoms with Gasteiger partial charge in [0.2, 0.25) is 0 Å². The minimum atomic E-state index is -1.23. The first kappa shape index (κ1) is 23.7. The largest absolute Gasteiger partial charge is 0.326 e. The summed E-state index contributed by atoms with van der Waals surface area (Å²) in [5.41, 5.74) is 0.189. The Morgan fingerprint density at radius 1 is 0.647 bits per heavy atom. The third kappa shape index (κ3) is 4.73. The number of urea groups is 2. The van der Waals surface area contributed by atoms with Gasteiger partial charge in [-0.15, -0.1) is 0 Å². The molecule has 0 unspecified atom stereocenters. The van der Waals surface area contributed by atoms with E-state index in [1.54, 1.807) is 0 Å². The van der Waals surface area contributed by atoms with Gasteiger partial charge in [-0.25, -0.2) is 27.2 Å². The van der Waals surface area contributed by atoms with Crippen molar-refractivity contribution < 1.29 is 27.2 Å². The van der Waals surface area contributed by atoms with Gasteiger partial charge in [0.05, 0.1) is 21.4 Å². The molecule has 0 aliphatic carbocycles. The number of nitrogens with zero attached hydrogens (tertiary/aromatic N) is 2. The zero-order valence-corrected chi connectivity index (χ0v) is 18.5. The van der Waals surface area contributed by atoms with Crippen LogP contribution in [0.2, 0.25) is 10.0 Å². The standard InChI is InChI=1S/C22H14Cl2F4N4O2/c23-13-7-11(1-3-15(13)25)29-21(33)31-5-6-32(20-10-18(28)17(27)9-19(20)31)22(34)30-12-2-4-16(26)14(24)8-12/h1-4,7-10H,5-6H2,(H,29,33)(H,30,34). The average molecular weight is 513 g/mol. The Hall–Kier alpha value is -3.50. The Morgan fingerprint density at radius 2 is 1.03 bits per heavy atom. The lowest BCUT2D eigenvalue weighted by Gasteiger charge is -2.36. The number of carbonyl (C=O) groups excluding carboxylic acids is 2. The quantitative estimate of drug-likeness (QED) is 0.378. The fourth-order valence-corrected chi connectivity index (χ4v) is 3.71. The number of amides is 4. The van der Waals surface area contributed by atoms with E-state index in [9.17, 15) is 27.2 Å². The SMILES string of the molecule is O=C(Nc1ccc(F)c(Cl)c1)N1CCN(C(=O)Nc2ccc(F)c(Cl)c2)c2cc(F)c(F)cc21. The lowest BCUT2D eigenvalue weighted by atomic mass is 10.1. The van der Waals surface area contributed by atoms with E-state index in [1.807, 2.05) is 0 Å². The number of fused-ring (bicyclic) bond motifs is 1. The van der Waals surface area contributed by atoms with Gasteiger partial charge in [-0.2, -0.15) is 0 Å². The molecule has 0 aromatic heterocycles. The summed E-state index contributed by atoms with van der Waals surface area (Å²) in [6.07, 6.45) is 0. The molecule has 0 bridgehead atoms. The van der Waals surface area contributed by atoms with Gasteiger partial charge in [0.1, 0.15) is 11.6 Å². The maximum Gasteiger partial charge on any atom is 0.326 e. The van der Waals surface area contributed by atoms with Crippen LogP contribution < -0.4 is 20.4 Å². The van der Waals surface area contributed by atoms with Crippen LogP contribution in [-0.2, 0) is 0 Å². The van der Waals surface area contributed by atoms with Gasteiger partial charge < -0.3 is 10.6 Å². The molecular formula is C22H14Cl2F4N4O2. The lowest BCUT2D eigenvalue weighted by molar-refractivity contribution is 0.253. The normalized spacial score (nSPS) is 12.9. The molecule has 1 aliphatic rings. The van der Waals surface area contributed by atoms with Crippen LogP contribution in [0.5, 0.6) is 0 Å². The maximum absolute atomic E-state index is 14.1. The van der Waals surface area contributed by atoms with E-state index in [4.69, 9.17) is 23.2 Å². The van der Waals surface area contributed by atoms with Crippen LogP contribution in [0.1, 0.15) is 0 Å². The van der Waals surface area contributed by atoms with Crippen molar-refractivity contribution >= 4 is 58.0 Å². The van der Waals surface area contributed by atoms with Gasteiger partial charge in [-0.1, -0.05) is 23.2 Å². The number of benzene rings is 3. The Balaban J connectivity index is 1.61. The number of nitrogens with one attached hydrogen (secondary N) is 2. The summed E-state index contributed by atoms with van der Waals surface area (Å²) < 4.78 is 54.9. The molecule has 0 radical (unpaired) electrons. The molecule has 6 nitrogen and oxygen atoms in total. The fraction of sp³-hybridized carbons (Fsp3) is 0.0909. The average Bonchev–Trinajstić information content (AvgIpc) is 2.79. The monoisotopic (exact) mass is 512 g/mol. The topological polar surface area (TPSA) is 64.7 Å². The van der Waals surface area contributed by atoms with E-state index >= 15 is 0 Å². The number of rotatable bonds is 2. The Kier molecular flexibility index (Phi) is 6.54. The molecule has 1 aliphatic heterocycles. The van der Waals surface area contributed by atoms with Gasteiger partial charge >= 0.3 is 12.1 Å². The van der Waals surface area contributed by atoms with E-state index in [0.717, 1.165) is 34.1 Å². The van der Waals surface area contributed by atoms with Crippen LogP contribution in [0.25, 0.3) is 0 Å². The highest BCUT2D eigenvalue weighted by atomic mass is 35.5. The molecule has 0 saturated carbocycles. The first-order valence-electron chi connectivity index (χ1n) is 9.70. The van der Waals surface area contributed by atoms with Crippen molar-refractivity contribution in [1.82, 2.24) is 0 Å². The van der Waals surface area contributed by atoms with Crippen molar-refractivity contribution in [2.24, 2.45) is 0 Å². The predicted molar refractivity (Wildman–Crippen MR) is 122 cm³/mol. The summed E-state index contributed by atoms with van der Waals surface area (Å²) in [5, 5.41) is 4.57. The molecule has 4 rings (SSSR count). The molecule has 3 aromatic carbocycles. The van der Waals surface area contributed by atoms with Crippen molar-refractivity contribution in [1.29, 1.82) is 0 Å². The highest BCUT2D eigenvalue weighted by Crippen LogP contribution is 2.36. The molecule has 3 aromatic rings. The van der Waals surface area contributed by atoms with Crippen molar-refractivity contribution in [3.63, 3.8) is 0 Å². The molecule has 12 heteroatoms. The van der Waals surface area contributed by atoms with Crippen molar-refractivity contribution in [2.75, 3.05) is 33.5 Å². The van der Waals surface area contributed by atoms with Crippen LogP contribution in [0.15, 0.2) is 48.5 Å². The highest BCUT2D eigenvalue weighted by Gasteiger charge is 2.32. The second-order valence-electron chi connectivity index (χ2n) is 7.18. The molecule has 0 saturated heterocycles. The summed E-state index contributed by atoms with van der Waals surface area (Å²) >= 11 is 11.5. The van der Waals surface area contributed by atoms with Gasteiger partial charge in [0, 0.05) is 36.6 Å². The Bertz CT molecular complexity index is 1210. The summed E-state index contributed by atoms with van der Waals surface area (Å²) in [6, 6.07) is 7.17. The zero-order valence-electron chi connectivity index (χ0n) is 17.0. The molecular weight excluding hydrogens is 499 g/mol. The summed E-state index contributed by atoms with van der Waals surface area (Å²) in [7, 11) is 0. The van der Waals surface area contributed by atoms with E-state index in [-0.39, 0.29) is 45.9 Å². The Morgan fingerprint density at radius 3 is 1.38 bits per heavy atom. The van der Waals surface area contributed by atoms with Gasteiger partial charge in [-0.3, -0.25) is 9.80 Å². The second-order valence-corrected chi connectivity index (χ2v) is 7.99. The molecule has 2 N–H and O–H groups in total. The molecule has 0 atom stereocenters. The second kappa shape index (κ2) is 9.40. The van der Waals surface area contributed by atoms with E-state index in [1.165, 1.54) is 24.3 Å². The fourth-order valence-electron chi connectivity index (χ4n) is 3.35. The van der Waals surface area contributed by atoms with Crippen LogP contribution in [0.3, 0.4) is 0 Å². The summed E-state index contributed by atoms with van der Waals surface area (Å²) in [5.74, 6) is -3.81. The minimum absolute atomic E-state index is 0.0804. The molecule has 0 fully saturated rings. The first-order valence-corrected chi connectivity index (χ1v) is 10.5. The summed E-state index contributed by atoms with van der Waals surface area (Å²) in [4.78, 5) is 27.9. The van der Waals surface area contributed by atoms with Gasteiger partial charge in [-0.05, 0) is 36.4 Å². The predicted octanol–water partition coefficient (Wildman–Crippen LogP) is 6.64. The number of hydrogen-bond acceptors (Lipinski definition) is 2. The van der Waals surface area contributed by atoms with Crippen LogP contribution in [-0.4, -0.2) is 25.2 Å². The van der Waals surface area contributed by atoms with Gasteiger partial charge in [0.25, 0.3) is 0 Å². The Labute approximate surface area is 200 Å². The van der Waals surface area contributed by atoms with Crippen molar-refractivity contribution in [3.8, 4) is 0 Å². The number of hydrogen-bond donors (Lipinski definition) is 2. The minimum Gasteiger partial charge on any atom is -0.307 e. The van der Waals surface area contributed by atoms with Crippen molar-refractivity contribution in [3.05, 3.63) is 81.8 Å². The van der Waals surface area contributed by atoms with E-state index in [0.29, 0.717) is 0 Å². The third-order valence-corrected chi connectivity index (χ3v) is 5.56. The maximum atomic E-state index is 14.1. The molecule has 34 heavy (non-hydrogen) atoms. The molecule has 176 valence electrons. The molecule has 1 heterocycles. The van der Waals surface area contributed by atoms with E-state index in [2.05, 4.69) is 10.6 Å². The summed E-state index contributed by atoms with van der Waals surface area (Å²) in [6.45, 7) is -0.174. The number of halogens is 6. The zero-order chi connectivity index (χ0) is 24.6.